The molecule has 1 aliphatic carbocycles. The number of hydrogen-bond acceptors (Lipinski definition) is 4. The molecule has 7 heteroatoms. The molecule has 1 aromatic rings. The van der Waals surface area contributed by atoms with Crippen molar-refractivity contribution in [1.82, 2.24) is 4.90 Å². The molecule has 2 N–H and O–H groups in total. The highest BCUT2D eigenvalue weighted by Gasteiger charge is 2.26. The van der Waals surface area contributed by atoms with Gasteiger partial charge in [-0.25, -0.2) is 13.6 Å². The Kier molecular flexibility index (Phi) is 3.96. The summed E-state index contributed by atoms with van der Waals surface area (Å²) in [4.78, 5) is 13.8. The van der Waals surface area contributed by atoms with Crippen LogP contribution >= 0.6 is 0 Å². The van der Waals surface area contributed by atoms with Gasteiger partial charge in [-0.15, -0.1) is 0 Å². The van der Waals surface area contributed by atoms with E-state index in [1.165, 1.54) is 18.6 Å². The first-order valence-electron chi connectivity index (χ1n) is 6.29. The van der Waals surface area contributed by atoms with Gasteiger partial charge < -0.3 is 9.32 Å². The number of nitrogens with zero attached hydrogens (tertiary/aromatic N) is 1. The first kappa shape index (κ1) is 14.1. The van der Waals surface area contributed by atoms with Gasteiger partial charge >= 0.3 is 0 Å². The molecule has 0 bridgehead atoms. The second kappa shape index (κ2) is 5.34. The summed E-state index contributed by atoms with van der Waals surface area (Å²) in [6, 6.07) is 2.75. The summed E-state index contributed by atoms with van der Waals surface area (Å²) in [6.45, 7) is 0. The van der Waals surface area contributed by atoms with E-state index < -0.39 is 10.0 Å². The van der Waals surface area contributed by atoms with Gasteiger partial charge in [0.1, 0.15) is 0 Å². The monoisotopic (exact) mass is 286 g/mol. The van der Waals surface area contributed by atoms with Gasteiger partial charge in [0.15, 0.2) is 5.76 Å². The van der Waals surface area contributed by atoms with Crippen molar-refractivity contribution >= 4 is 15.9 Å². The van der Waals surface area contributed by atoms with Crippen LogP contribution in [0.15, 0.2) is 21.6 Å². The fraction of sp³-hybridized carbons (Fsp3) is 0.583. The van der Waals surface area contributed by atoms with E-state index in [1.54, 1.807) is 11.9 Å². The molecule has 0 aromatic carbocycles. The van der Waals surface area contributed by atoms with Gasteiger partial charge in [0.25, 0.3) is 15.9 Å². The minimum atomic E-state index is -3.90. The molecule has 0 radical (unpaired) electrons. The molecule has 1 saturated carbocycles. The van der Waals surface area contributed by atoms with Crippen LogP contribution in [-0.4, -0.2) is 32.3 Å². The van der Waals surface area contributed by atoms with E-state index >= 15 is 0 Å². The summed E-state index contributed by atoms with van der Waals surface area (Å²) in [5, 5.41) is 4.56. The molecule has 19 heavy (non-hydrogen) atoms. The highest BCUT2D eigenvalue weighted by atomic mass is 32.2. The van der Waals surface area contributed by atoms with Crippen LogP contribution in [0.5, 0.6) is 0 Å². The van der Waals surface area contributed by atoms with Gasteiger partial charge in [-0.3, -0.25) is 4.79 Å². The number of amides is 1. The number of sulfonamides is 1. The van der Waals surface area contributed by atoms with E-state index in [2.05, 4.69) is 0 Å². The molecule has 1 fully saturated rings. The Labute approximate surface area is 112 Å². The summed E-state index contributed by atoms with van der Waals surface area (Å²) in [7, 11) is -2.18. The van der Waals surface area contributed by atoms with E-state index in [4.69, 9.17) is 9.56 Å². The topological polar surface area (TPSA) is 93.6 Å². The molecule has 6 nitrogen and oxygen atoms in total. The van der Waals surface area contributed by atoms with E-state index in [1.807, 2.05) is 0 Å². The van der Waals surface area contributed by atoms with Crippen molar-refractivity contribution in [1.29, 1.82) is 0 Å². The number of primary sulfonamides is 1. The van der Waals surface area contributed by atoms with Crippen LogP contribution in [0.1, 0.15) is 42.7 Å². The van der Waals surface area contributed by atoms with Crippen molar-refractivity contribution in [3.8, 4) is 0 Å². The standard InChI is InChI=1S/C12H18N2O4S/c1-14(9-5-3-2-4-6-9)12(15)10-7-8-11(18-10)19(13,16)17/h7-9H,2-6H2,1H3,(H2,13,16,17). The average Bonchev–Trinajstić information content (AvgIpc) is 2.87. The molecule has 0 aliphatic heterocycles. The van der Waals surface area contributed by atoms with Crippen molar-refractivity contribution in [3.05, 3.63) is 17.9 Å². The van der Waals surface area contributed by atoms with Gasteiger partial charge in [-0.2, -0.15) is 0 Å². The number of furan rings is 1. The lowest BCUT2D eigenvalue weighted by atomic mass is 9.94. The smallest absolute Gasteiger partial charge is 0.289 e. The normalized spacial score (nSPS) is 17.4. The minimum Gasteiger partial charge on any atom is -0.438 e. The van der Waals surface area contributed by atoms with Crippen molar-refractivity contribution < 1.29 is 17.6 Å². The zero-order valence-corrected chi connectivity index (χ0v) is 11.6. The first-order chi connectivity index (χ1) is 8.89. The maximum absolute atomic E-state index is 12.2. The van der Waals surface area contributed by atoms with Gasteiger partial charge in [0.05, 0.1) is 0 Å². The second-order valence-electron chi connectivity index (χ2n) is 4.87. The lowest BCUT2D eigenvalue weighted by Gasteiger charge is -2.30. The summed E-state index contributed by atoms with van der Waals surface area (Å²) >= 11 is 0. The molecule has 106 valence electrons. The number of nitrogens with two attached hydrogens (primary N) is 1. The zero-order valence-electron chi connectivity index (χ0n) is 10.8. The Morgan fingerprint density at radius 1 is 1.32 bits per heavy atom. The molecule has 2 rings (SSSR count). The predicted molar refractivity (Wildman–Crippen MR) is 69.0 cm³/mol. The quantitative estimate of drug-likeness (QED) is 0.907. The van der Waals surface area contributed by atoms with Crippen LogP contribution < -0.4 is 5.14 Å². The molecule has 1 aliphatic rings. The Balaban J connectivity index is 2.12. The van der Waals surface area contributed by atoms with Gasteiger partial charge in [-0.1, -0.05) is 19.3 Å². The fourth-order valence-electron chi connectivity index (χ4n) is 2.40. The highest BCUT2D eigenvalue weighted by molar-refractivity contribution is 7.89. The summed E-state index contributed by atoms with van der Waals surface area (Å²) in [5.74, 6) is -0.293. The molecule has 0 atom stereocenters. The average molecular weight is 286 g/mol. The summed E-state index contributed by atoms with van der Waals surface area (Å²) in [6.07, 6.45) is 5.39. The maximum Gasteiger partial charge on any atom is 0.289 e. The summed E-state index contributed by atoms with van der Waals surface area (Å²) < 4.78 is 27.2. The predicted octanol–water partition coefficient (Wildman–Crippen LogP) is 1.33. The third-order valence-electron chi connectivity index (χ3n) is 3.52. The SMILES string of the molecule is CN(C(=O)c1ccc(S(N)(=O)=O)o1)C1CCCCC1. The molecule has 1 amide bonds. The van der Waals surface area contributed by atoms with Crippen LogP contribution in [0.4, 0.5) is 0 Å². The second-order valence-corrected chi connectivity index (χ2v) is 6.36. The van der Waals surface area contributed by atoms with E-state index in [0.29, 0.717) is 0 Å². The molecular formula is C12H18N2O4S. The fourth-order valence-corrected chi connectivity index (χ4v) is 2.86. The van der Waals surface area contributed by atoms with Gasteiger partial charge in [0.2, 0.25) is 5.09 Å². The Bertz CT molecular complexity index is 558. The molecule has 0 spiro atoms. The minimum absolute atomic E-state index is 0.0112. The van der Waals surface area contributed by atoms with Crippen molar-refractivity contribution in [2.75, 3.05) is 7.05 Å². The first-order valence-corrected chi connectivity index (χ1v) is 7.84. The van der Waals surface area contributed by atoms with E-state index in [-0.39, 0.29) is 22.8 Å². The molecule has 0 unspecified atom stereocenters. The van der Waals surface area contributed by atoms with Crippen molar-refractivity contribution in [3.63, 3.8) is 0 Å². The largest absolute Gasteiger partial charge is 0.438 e. The highest BCUT2D eigenvalue weighted by Crippen LogP contribution is 2.23. The lowest BCUT2D eigenvalue weighted by Crippen LogP contribution is -2.38. The van der Waals surface area contributed by atoms with E-state index in [0.717, 1.165) is 25.7 Å². The Morgan fingerprint density at radius 2 is 1.95 bits per heavy atom. The van der Waals surface area contributed by atoms with Crippen LogP contribution in [0.3, 0.4) is 0 Å². The number of rotatable bonds is 3. The van der Waals surface area contributed by atoms with Crippen LogP contribution in [0.25, 0.3) is 0 Å². The molecular weight excluding hydrogens is 268 g/mol. The molecule has 1 aromatic heterocycles. The number of carbonyl (C=O) groups excluding carboxylic acids is 1. The zero-order chi connectivity index (χ0) is 14.0. The maximum atomic E-state index is 12.2. The third kappa shape index (κ3) is 3.16. The molecule has 0 saturated heterocycles. The van der Waals surface area contributed by atoms with E-state index in [9.17, 15) is 13.2 Å². The van der Waals surface area contributed by atoms with Crippen molar-refractivity contribution in [2.45, 2.75) is 43.2 Å². The molecule has 1 heterocycles. The van der Waals surface area contributed by atoms with Crippen molar-refractivity contribution in [2.24, 2.45) is 5.14 Å². The third-order valence-corrected chi connectivity index (χ3v) is 4.30. The summed E-state index contributed by atoms with van der Waals surface area (Å²) in [5.41, 5.74) is 0. The van der Waals surface area contributed by atoms with Crippen LogP contribution in [0, 0.1) is 0 Å². The Hall–Kier alpha value is -1.34. The number of carbonyl (C=O) groups is 1. The van der Waals surface area contributed by atoms with Gasteiger partial charge in [-0.05, 0) is 25.0 Å². The van der Waals surface area contributed by atoms with Crippen LogP contribution in [0.2, 0.25) is 0 Å². The Morgan fingerprint density at radius 3 is 2.47 bits per heavy atom. The van der Waals surface area contributed by atoms with Gasteiger partial charge in [0, 0.05) is 13.1 Å². The lowest BCUT2D eigenvalue weighted by molar-refractivity contribution is 0.0658. The van der Waals surface area contributed by atoms with Crippen LogP contribution in [-0.2, 0) is 10.0 Å². The number of hydrogen-bond donors (Lipinski definition) is 1.